The summed E-state index contributed by atoms with van der Waals surface area (Å²) >= 11 is 0. The lowest BCUT2D eigenvalue weighted by molar-refractivity contribution is -0.139. The predicted molar refractivity (Wildman–Crippen MR) is 97.8 cm³/mol. The van der Waals surface area contributed by atoms with Crippen LogP contribution in [0.1, 0.15) is 33.6 Å². The molecule has 0 atom stereocenters. The highest BCUT2D eigenvalue weighted by Gasteiger charge is 2.28. The van der Waals surface area contributed by atoms with E-state index in [1.54, 1.807) is 19.6 Å². The lowest BCUT2D eigenvalue weighted by Gasteiger charge is -2.36. The molecule has 4 amide bonds. The van der Waals surface area contributed by atoms with Gasteiger partial charge in [-0.3, -0.25) is 14.4 Å². The van der Waals surface area contributed by atoms with Crippen LogP contribution >= 0.6 is 0 Å². The Balaban J connectivity index is 1.69. The van der Waals surface area contributed by atoms with Crippen LogP contribution in [-0.4, -0.2) is 102 Å². The quantitative estimate of drug-likeness (QED) is 0.646. The Morgan fingerprint density at radius 3 is 1.59 bits per heavy atom. The lowest BCUT2D eigenvalue weighted by Crippen LogP contribution is -2.52. The minimum atomic E-state index is -0.540. The molecule has 0 saturated carbocycles. The van der Waals surface area contributed by atoms with Gasteiger partial charge in [0.15, 0.2) is 0 Å². The van der Waals surface area contributed by atoms with Crippen molar-refractivity contribution in [1.82, 2.24) is 19.6 Å². The summed E-state index contributed by atoms with van der Waals surface area (Å²) in [6.07, 6.45) is 0.771. The van der Waals surface area contributed by atoms with Crippen molar-refractivity contribution in [3.05, 3.63) is 0 Å². The molecule has 0 unspecified atom stereocenters. The van der Waals surface area contributed by atoms with E-state index in [1.165, 1.54) is 0 Å². The fraction of sp³-hybridized carbons (Fsp3) is 0.778. The van der Waals surface area contributed by atoms with Gasteiger partial charge in [-0.2, -0.15) is 0 Å². The number of piperazine rings is 2. The Bertz CT molecular complexity index is 559. The van der Waals surface area contributed by atoms with Crippen molar-refractivity contribution in [1.29, 1.82) is 0 Å². The summed E-state index contributed by atoms with van der Waals surface area (Å²) in [6.45, 7) is 9.33. The molecule has 2 aliphatic heterocycles. The molecule has 2 heterocycles. The van der Waals surface area contributed by atoms with Gasteiger partial charge in [0.1, 0.15) is 5.60 Å². The largest absolute Gasteiger partial charge is 0.444 e. The smallest absolute Gasteiger partial charge is 0.410 e. The van der Waals surface area contributed by atoms with Crippen LogP contribution in [0.4, 0.5) is 4.79 Å². The molecule has 2 saturated heterocycles. The second-order valence-electron chi connectivity index (χ2n) is 7.87. The molecule has 0 aromatic carbocycles. The maximum Gasteiger partial charge on any atom is 0.410 e. The van der Waals surface area contributed by atoms with Crippen molar-refractivity contribution in [2.75, 3.05) is 52.4 Å². The minimum absolute atomic E-state index is 0.0544. The van der Waals surface area contributed by atoms with Crippen LogP contribution in [0.2, 0.25) is 0 Å². The molecule has 0 bridgehead atoms. The molecule has 0 aromatic rings. The van der Waals surface area contributed by atoms with Crippen molar-refractivity contribution in [2.45, 2.75) is 39.2 Å². The molecule has 0 aliphatic carbocycles. The second-order valence-corrected chi connectivity index (χ2v) is 7.87. The first-order valence-corrected chi connectivity index (χ1v) is 9.42. The first-order chi connectivity index (χ1) is 12.7. The van der Waals surface area contributed by atoms with Crippen LogP contribution in [0.3, 0.4) is 0 Å². The maximum atomic E-state index is 12.4. The monoisotopic (exact) mass is 382 g/mol. The number of hydrogen-bond donors (Lipinski definition) is 0. The highest BCUT2D eigenvalue weighted by molar-refractivity contribution is 5.84. The van der Waals surface area contributed by atoms with Crippen molar-refractivity contribution in [3.8, 4) is 0 Å². The minimum Gasteiger partial charge on any atom is -0.444 e. The number of amides is 4. The van der Waals surface area contributed by atoms with E-state index < -0.39 is 5.60 Å². The second kappa shape index (κ2) is 9.05. The summed E-state index contributed by atoms with van der Waals surface area (Å²) in [5, 5.41) is 0. The Morgan fingerprint density at radius 2 is 1.19 bits per heavy atom. The van der Waals surface area contributed by atoms with E-state index in [0.717, 1.165) is 6.41 Å². The molecule has 9 heteroatoms. The Labute approximate surface area is 160 Å². The van der Waals surface area contributed by atoms with Gasteiger partial charge in [-0.05, 0) is 20.8 Å². The molecule has 2 rings (SSSR count). The van der Waals surface area contributed by atoms with Gasteiger partial charge in [-0.1, -0.05) is 0 Å². The summed E-state index contributed by atoms with van der Waals surface area (Å²) in [4.78, 5) is 54.0. The lowest BCUT2D eigenvalue weighted by atomic mass is 10.2. The van der Waals surface area contributed by atoms with Crippen molar-refractivity contribution in [2.24, 2.45) is 0 Å². The SMILES string of the molecule is CC(C)(C)OC(=O)N1CCN(C(=O)CCC(=O)N2CCN(C=O)CC2)CC1. The summed E-state index contributed by atoms with van der Waals surface area (Å²) < 4.78 is 5.34. The summed E-state index contributed by atoms with van der Waals surface area (Å²) in [6, 6.07) is 0. The van der Waals surface area contributed by atoms with Crippen molar-refractivity contribution in [3.63, 3.8) is 0 Å². The average Bonchev–Trinajstić information content (AvgIpc) is 2.64. The summed E-state index contributed by atoms with van der Waals surface area (Å²) in [5.74, 6) is -0.125. The molecule has 9 nitrogen and oxygen atoms in total. The number of nitrogens with zero attached hydrogens (tertiary/aromatic N) is 4. The summed E-state index contributed by atoms with van der Waals surface area (Å²) in [7, 11) is 0. The number of carbonyl (C=O) groups is 4. The van der Waals surface area contributed by atoms with Crippen LogP contribution in [-0.2, 0) is 19.1 Å². The molecule has 152 valence electrons. The van der Waals surface area contributed by atoms with E-state index in [4.69, 9.17) is 4.74 Å². The van der Waals surface area contributed by atoms with Crippen molar-refractivity contribution >= 4 is 24.3 Å². The molecule has 0 spiro atoms. The standard InChI is InChI=1S/C18H30N4O5/c1-18(2,3)27-17(26)22-12-10-21(11-13-22)16(25)5-4-15(24)20-8-6-19(14-23)7-9-20/h14H,4-13H2,1-3H3. The number of rotatable bonds is 4. The summed E-state index contributed by atoms with van der Waals surface area (Å²) in [5.41, 5.74) is -0.540. The third-order valence-electron chi connectivity index (χ3n) is 4.65. The van der Waals surface area contributed by atoms with E-state index in [9.17, 15) is 19.2 Å². The van der Waals surface area contributed by atoms with Crippen LogP contribution in [0.25, 0.3) is 0 Å². The zero-order valence-corrected chi connectivity index (χ0v) is 16.5. The Kier molecular flexibility index (Phi) is 7.04. The van der Waals surface area contributed by atoms with Gasteiger partial charge in [-0.25, -0.2) is 4.79 Å². The van der Waals surface area contributed by atoms with E-state index >= 15 is 0 Å². The Morgan fingerprint density at radius 1 is 0.778 bits per heavy atom. The van der Waals surface area contributed by atoms with E-state index in [2.05, 4.69) is 0 Å². The predicted octanol–water partition coefficient (Wildman–Crippen LogP) is 0.147. The van der Waals surface area contributed by atoms with E-state index in [0.29, 0.717) is 52.4 Å². The van der Waals surface area contributed by atoms with Gasteiger partial charge in [0.2, 0.25) is 18.2 Å². The van der Waals surface area contributed by atoms with Crippen LogP contribution < -0.4 is 0 Å². The highest BCUT2D eigenvalue weighted by Crippen LogP contribution is 2.13. The molecule has 2 aliphatic rings. The molecule has 0 radical (unpaired) electrons. The van der Waals surface area contributed by atoms with Gasteiger partial charge in [0.05, 0.1) is 0 Å². The van der Waals surface area contributed by atoms with Gasteiger partial charge >= 0.3 is 6.09 Å². The van der Waals surface area contributed by atoms with Crippen LogP contribution in [0.5, 0.6) is 0 Å². The zero-order chi connectivity index (χ0) is 20.0. The molecule has 0 N–H and O–H groups in total. The Hall–Kier alpha value is -2.32. The normalized spacial score (nSPS) is 18.3. The number of hydrogen-bond acceptors (Lipinski definition) is 5. The highest BCUT2D eigenvalue weighted by atomic mass is 16.6. The first-order valence-electron chi connectivity index (χ1n) is 9.42. The fourth-order valence-corrected chi connectivity index (χ4v) is 3.07. The van der Waals surface area contributed by atoms with Gasteiger partial charge in [0, 0.05) is 65.2 Å². The fourth-order valence-electron chi connectivity index (χ4n) is 3.07. The number of ether oxygens (including phenoxy) is 1. The molecular formula is C18H30N4O5. The van der Waals surface area contributed by atoms with E-state index in [-0.39, 0.29) is 30.7 Å². The van der Waals surface area contributed by atoms with Gasteiger partial charge < -0.3 is 24.3 Å². The van der Waals surface area contributed by atoms with Gasteiger partial charge in [-0.15, -0.1) is 0 Å². The first kappa shape index (κ1) is 21.0. The average molecular weight is 382 g/mol. The van der Waals surface area contributed by atoms with Gasteiger partial charge in [0.25, 0.3) is 0 Å². The zero-order valence-electron chi connectivity index (χ0n) is 16.5. The maximum absolute atomic E-state index is 12.4. The molecular weight excluding hydrogens is 352 g/mol. The third-order valence-corrected chi connectivity index (χ3v) is 4.65. The molecule has 27 heavy (non-hydrogen) atoms. The van der Waals surface area contributed by atoms with Crippen LogP contribution in [0, 0.1) is 0 Å². The molecule has 0 aromatic heterocycles. The van der Waals surface area contributed by atoms with Crippen molar-refractivity contribution < 1.29 is 23.9 Å². The number of carbonyl (C=O) groups excluding carboxylic acids is 4. The van der Waals surface area contributed by atoms with E-state index in [1.807, 2.05) is 20.8 Å². The van der Waals surface area contributed by atoms with Crippen LogP contribution in [0.15, 0.2) is 0 Å². The third kappa shape index (κ3) is 6.41. The molecule has 2 fully saturated rings. The topological polar surface area (TPSA) is 90.5 Å².